The van der Waals surface area contributed by atoms with Gasteiger partial charge in [-0.3, -0.25) is 4.79 Å². The summed E-state index contributed by atoms with van der Waals surface area (Å²) in [7, 11) is 1.11. The number of amides is 1. The molecule has 1 rings (SSSR count). The first-order valence-corrected chi connectivity index (χ1v) is 8.32. The van der Waals surface area contributed by atoms with E-state index in [9.17, 15) is 24.9 Å². The Labute approximate surface area is 149 Å². The highest BCUT2D eigenvalue weighted by molar-refractivity contribution is 9.12. The van der Waals surface area contributed by atoms with E-state index in [1.165, 1.54) is 6.92 Å². The van der Waals surface area contributed by atoms with Gasteiger partial charge >= 0.3 is 5.97 Å². The normalized spacial score (nSPS) is 36.9. The molecule has 0 aromatic rings. The highest BCUT2D eigenvalue weighted by Gasteiger charge is 2.59. The SMILES string of the molecule is COC(=O)[C@@]1(Br)O[C@@H]([C@H](O)[C@H](O)CO)[C@H](NC(C)=O)[C@@H](O)[C@@H]1Br. The first-order valence-electron chi connectivity index (χ1n) is 6.61. The number of halogens is 2. The van der Waals surface area contributed by atoms with Crippen molar-refractivity contribution in [1.29, 1.82) is 0 Å². The van der Waals surface area contributed by atoms with E-state index in [1.54, 1.807) is 0 Å². The first kappa shape index (κ1) is 20.7. The van der Waals surface area contributed by atoms with Crippen LogP contribution in [0.4, 0.5) is 0 Å². The Morgan fingerprint density at radius 2 is 2.00 bits per heavy atom. The Balaban J connectivity index is 3.22. The second kappa shape index (κ2) is 8.19. The maximum absolute atomic E-state index is 12.0. The van der Waals surface area contributed by atoms with Gasteiger partial charge in [0.1, 0.15) is 18.3 Å². The van der Waals surface area contributed by atoms with Gasteiger partial charge in [-0.2, -0.15) is 0 Å². The van der Waals surface area contributed by atoms with E-state index in [-0.39, 0.29) is 0 Å². The van der Waals surface area contributed by atoms with Gasteiger partial charge in [-0.25, -0.2) is 4.79 Å². The fraction of sp³-hybridized carbons (Fsp3) is 0.833. The molecule has 1 amide bonds. The molecule has 0 unspecified atom stereocenters. The molecule has 0 radical (unpaired) electrons. The lowest BCUT2D eigenvalue weighted by Crippen LogP contribution is -2.70. The van der Waals surface area contributed by atoms with Crippen LogP contribution in [0.5, 0.6) is 0 Å². The van der Waals surface area contributed by atoms with Gasteiger partial charge in [0.25, 0.3) is 0 Å². The summed E-state index contributed by atoms with van der Waals surface area (Å²) in [6.45, 7) is 0.410. The molecule has 134 valence electrons. The summed E-state index contributed by atoms with van der Waals surface area (Å²) in [4.78, 5) is 22.3. The van der Waals surface area contributed by atoms with Crippen LogP contribution in [0.1, 0.15) is 6.92 Å². The molecular formula is C12H19Br2NO8. The van der Waals surface area contributed by atoms with Crippen molar-refractivity contribution in [3.8, 4) is 0 Å². The Kier molecular flexibility index (Phi) is 7.38. The number of ether oxygens (including phenoxy) is 2. The summed E-state index contributed by atoms with van der Waals surface area (Å²) in [5.41, 5.74) is 0. The topological polar surface area (TPSA) is 146 Å². The van der Waals surface area contributed by atoms with Gasteiger partial charge < -0.3 is 35.2 Å². The minimum atomic E-state index is -1.86. The first-order chi connectivity index (χ1) is 10.6. The highest BCUT2D eigenvalue weighted by Crippen LogP contribution is 2.41. The molecule has 1 heterocycles. The third-order valence-electron chi connectivity index (χ3n) is 3.44. The number of aliphatic hydroxyl groups is 4. The maximum Gasteiger partial charge on any atom is 0.350 e. The van der Waals surface area contributed by atoms with Crippen LogP contribution in [0, 0.1) is 0 Å². The molecule has 7 atom stereocenters. The van der Waals surface area contributed by atoms with E-state index in [4.69, 9.17) is 9.84 Å². The molecular weight excluding hydrogens is 446 g/mol. The van der Waals surface area contributed by atoms with E-state index >= 15 is 0 Å². The molecule has 0 aromatic heterocycles. The number of hydrogen-bond acceptors (Lipinski definition) is 8. The van der Waals surface area contributed by atoms with Gasteiger partial charge in [0, 0.05) is 6.92 Å². The van der Waals surface area contributed by atoms with Crippen molar-refractivity contribution >= 4 is 43.7 Å². The van der Waals surface area contributed by atoms with Crippen molar-refractivity contribution in [2.75, 3.05) is 13.7 Å². The second-order valence-electron chi connectivity index (χ2n) is 5.08. The number of carbonyl (C=O) groups is 2. The average Bonchev–Trinajstić information content (AvgIpc) is 2.52. The van der Waals surface area contributed by atoms with E-state index in [1.807, 2.05) is 0 Å². The van der Waals surface area contributed by atoms with Gasteiger partial charge in [0.2, 0.25) is 10.4 Å². The van der Waals surface area contributed by atoms with Gasteiger partial charge in [0.15, 0.2) is 0 Å². The standard InChI is InChI=1S/C12H19Br2NO8/c1-4(17)15-6-8(20)10(13)12(14,11(21)22-2)23-9(6)7(19)5(18)3-16/h5-10,16,18-20H,3H2,1-2H3,(H,15,17)/t5-,6-,7-,8-,9-,10+,12+/m1/s1. The fourth-order valence-corrected chi connectivity index (χ4v) is 3.52. The number of carbonyl (C=O) groups excluding carboxylic acids is 2. The summed E-state index contributed by atoms with van der Waals surface area (Å²) in [5, 5.41) is 41.5. The average molecular weight is 465 g/mol. The number of esters is 1. The van der Waals surface area contributed by atoms with Crippen LogP contribution >= 0.6 is 31.9 Å². The van der Waals surface area contributed by atoms with Crippen LogP contribution in [0.3, 0.4) is 0 Å². The van der Waals surface area contributed by atoms with Crippen molar-refractivity contribution < 1.29 is 39.5 Å². The smallest absolute Gasteiger partial charge is 0.350 e. The van der Waals surface area contributed by atoms with E-state index in [0.717, 1.165) is 7.11 Å². The monoisotopic (exact) mass is 463 g/mol. The molecule has 1 saturated heterocycles. The summed E-state index contributed by atoms with van der Waals surface area (Å²) in [5.74, 6) is -1.41. The number of aliphatic hydroxyl groups excluding tert-OH is 4. The van der Waals surface area contributed by atoms with Crippen LogP contribution in [0.15, 0.2) is 0 Å². The molecule has 0 bridgehead atoms. The fourth-order valence-electron chi connectivity index (χ4n) is 2.24. The van der Waals surface area contributed by atoms with Crippen LogP contribution in [-0.4, -0.2) is 85.8 Å². The second-order valence-corrected chi connectivity index (χ2v) is 7.24. The van der Waals surface area contributed by atoms with Crippen molar-refractivity contribution in [2.45, 2.75) is 46.7 Å². The van der Waals surface area contributed by atoms with Gasteiger partial charge in [-0.05, 0) is 15.9 Å². The lowest BCUT2D eigenvalue weighted by Gasteiger charge is -2.47. The summed E-state index contributed by atoms with van der Waals surface area (Å²) in [6.07, 6.45) is -6.07. The van der Waals surface area contributed by atoms with Crippen LogP contribution < -0.4 is 5.32 Å². The molecule has 0 aliphatic carbocycles. The van der Waals surface area contributed by atoms with Gasteiger partial charge in [-0.15, -0.1) is 0 Å². The lowest BCUT2D eigenvalue weighted by atomic mass is 9.90. The molecule has 0 saturated carbocycles. The van der Waals surface area contributed by atoms with Crippen molar-refractivity contribution in [2.24, 2.45) is 0 Å². The largest absolute Gasteiger partial charge is 0.466 e. The van der Waals surface area contributed by atoms with Gasteiger partial charge in [-0.1, -0.05) is 15.9 Å². The molecule has 1 aliphatic rings. The number of alkyl halides is 2. The Hall–Kier alpha value is -0.300. The van der Waals surface area contributed by atoms with Crippen LogP contribution in [0.2, 0.25) is 0 Å². The minimum Gasteiger partial charge on any atom is -0.466 e. The van der Waals surface area contributed by atoms with Crippen molar-refractivity contribution in [3.05, 3.63) is 0 Å². The molecule has 11 heteroatoms. The maximum atomic E-state index is 12.0. The van der Waals surface area contributed by atoms with E-state index < -0.39 is 58.3 Å². The summed E-state index contributed by atoms with van der Waals surface area (Å²) < 4.78 is 8.25. The number of nitrogens with one attached hydrogen (secondary N) is 1. The molecule has 23 heavy (non-hydrogen) atoms. The Morgan fingerprint density at radius 3 is 2.43 bits per heavy atom. The zero-order valence-corrected chi connectivity index (χ0v) is 15.5. The summed E-state index contributed by atoms with van der Waals surface area (Å²) in [6, 6.07) is -1.15. The molecule has 0 spiro atoms. The predicted octanol–water partition coefficient (Wildman–Crippen LogP) is -2.01. The molecule has 5 N–H and O–H groups in total. The van der Waals surface area contributed by atoms with Gasteiger partial charge in [0.05, 0.1) is 30.7 Å². The molecule has 9 nitrogen and oxygen atoms in total. The zero-order chi connectivity index (χ0) is 17.9. The summed E-state index contributed by atoms with van der Waals surface area (Å²) >= 11 is 6.14. The van der Waals surface area contributed by atoms with Crippen molar-refractivity contribution in [3.63, 3.8) is 0 Å². The van der Waals surface area contributed by atoms with E-state index in [2.05, 4.69) is 41.9 Å². The third kappa shape index (κ3) is 4.21. The Bertz CT molecular complexity index is 453. The van der Waals surface area contributed by atoms with Crippen molar-refractivity contribution in [1.82, 2.24) is 5.32 Å². The Morgan fingerprint density at radius 1 is 1.43 bits per heavy atom. The third-order valence-corrected chi connectivity index (χ3v) is 6.24. The van der Waals surface area contributed by atoms with Crippen LogP contribution in [0.25, 0.3) is 0 Å². The molecule has 1 aliphatic heterocycles. The molecule has 1 fully saturated rings. The number of methoxy groups -OCH3 is 1. The van der Waals surface area contributed by atoms with E-state index in [0.29, 0.717) is 0 Å². The minimum absolute atomic E-state index is 0.520. The predicted molar refractivity (Wildman–Crippen MR) is 84.0 cm³/mol. The van der Waals surface area contributed by atoms with Crippen LogP contribution in [-0.2, 0) is 19.1 Å². The number of rotatable bonds is 5. The quantitative estimate of drug-likeness (QED) is 0.232. The highest BCUT2D eigenvalue weighted by atomic mass is 79.9. The number of hydrogen-bond donors (Lipinski definition) is 5. The molecule has 0 aromatic carbocycles. The zero-order valence-electron chi connectivity index (χ0n) is 12.3. The lowest BCUT2D eigenvalue weighted by molar-refractivity contribution is -0.202.